The zero-order valence-corrected chi connectivity index (χ0v) is 10.8. The number of carbonyl (C=O) groups excluding carboxylic acids is 1. The number of carbonyl (C=O) groups is 1. The molecular formula is C14H15NOS. The van der Waals surface area contributed by atoms with E-state index in [0.29, 0.717) is 0 Å². The molecule has 0 bridgehead atoms. The molecule has 2 aromatic rings. The molecule has 0 spiro atoms. The fourth-order valence-corrected chi connectivity index (χ4v) is 1.81. The number of rotatable bonds is 2. The quantitative estimate of drug-likeness (QED) is 0.776. The van der Waals surface area contributed by atoms with Crippen molar-refractivity contribution >= 4 is 35.0 Å². The van der Waals surface area contributed by atoms with Gasteiger partial charge in [-0.25, -0.2) is 0 Å². The number of hydrogen-bond donors (Lipinski definition) is 2. The van der Waals surface area contributed by atoms with Gasteiger partial charge in [0.1, 0.15) is 0 Å². The topological polar surface area (TPSA) is 29.1 Å². The highest BCUT2D eigenvalue weighted by Gasteiger charge is 2.07. The summed E-state index contributed by atoms with van der Waals surface area (Å²) in [5.74, 6) is 0.0284. The molecule has 0 saturated heterocycles. The van der Waals surface area contributed by atoms with E-state index in [1.807, 2.05) is 50.2 Å². The lowest BCUT2D eigenvalue weighted by Crippen LogP contribution is -2.17. The van der Waals surface area contributed by atoms with Crippen LogP contribution in [0.4, 0.5) is 5.69 Å². The monoisotopic (exact) mass is 245 g/mol. The number of fused-ring (bicyclic) bond motifs is 1. The van der Waals surface area contributed by atoms with Crippen LogP contribution in [0.15, 0.2) is 41.3 Å². The molecule has 0 heterocycles. The molecule has 0 unspecified atom stereocenters. The maximum Gasteiger partial charge on any atom is 0.226 e. The van der Waals surface area contributed by atoms with Crippen molar-refractivity contribution in [1.82, 2.24) is 0 Å². The number of nitrogens with one attached hydrogen (secondary N) is 1. The number of benzene rings is 2. The summed E-state index contributed by atoms with van der Waals surface area (Å²) in [7, 11) is 0. The molecule has 0 aliphatic heterocycles. The van der Waals surface area contributed by atoms with Crippen molar-refractivity contribution in [2.45, 2.75) is 18.7 Å². The van der Waals surface area contributed by atoms with Crippen molar-refractivity contribution in [2.24, 2.45) is 5.92 Å². The normalized spacial score (nSPS) is 10.8. The Hall–Kier alpha value is -1.48. The van der Waals surface area contributed by atoms with Crippen LogP contribution < -0.4 is 5.32 Å². The number of amides is 1. The molecule has 0 aromatic heterocycles. The second-order valence-corrected chi connectivity index (χ2v) is 4.91. The molecule has 0 aliphatic rings. The fraction of sp³-hybridized carbons (Fsp3) is 0.214. The van der Waals surface area contributed by atoms with E-state index in [-0.39, 0.29) is 11.8 Å². The third kappa shape index (κ3) is 2.80. The SMILES string of the molecule is CC(C)C(=O)Nc1ccc2cc(S)ccc2c1. The zero-order valence-electron chi connectivity index (χ0n) is 9.90. The minimum Gasteiger partial charge on any atom is -0.326 e. The molecule has 2 rings (SSSR count). The van der Waals surface area contributed by atoms with Gasteiger partial charge < -0.3 is 5.32 Å². The summed E-state index contributed by atoms with van der Waals surface area (Å²) in [5.41, 5.74) is 0.836. The van der Waals surface area contributed by atoms with Gasteiger partial charge in [0.05, 0.1) is 0 Å². The maximum atomic E-state index is 11.6. The summed E-state index contributed by atoms with van der Waals surface area (Å²) in [6, 6.07) is 11.8. The summed E-state index contributed by atoms with van der Waals surface area (Å²) in [4.78, 5) is 12.5. The predicted molar refractivity (Wildman–Crippen MR) is 74.7 cm³/mol. The standard InChI is InChI=1S/C14H15NOS/c1-9(2)14(16)15-12-5-3-11-8-13(17)6-4-10(11)7-12/h3-9,17H,1-2H3,(H,15,16). The second kappa shape index (κ2) is 4.80. The highest BCUT2D eigenvalue weighted by Crippen LogP contribution is 2.22. The molecule has 1 N–H and O–H groups in total. The van der Waals surface area contributed by atoms with Gasteiger partial charge in [0, 0.05) is 16.5 Å². The van der Waals surface area contributed by atoms with Gasteiger partial charge >= 0.3 is 0 Å². The van der Waals surface area contributed by atoms with Crippen LogP contribution in [0.1, 0.15) is 13.8 Å². The third-order valence-corrected chi connectivity index (χ3v) is 2.89. The van der Waals surface area contributed by atoms with Crippen LogP contribution >= 0.6 is 12.6 Å². The lowest BCUT2D eigenvalue weighted by atomic mass is 10.1. The molecule has 0 saturated carbocycles. The Morgan fingerprint density at radius 1 is 1.12 bits per heavy atom. The van der Waals surface area contributed by atoms with Crippen LogP contribution in [-0.2, 0) is 4.79 Å². The average Bonchev–Trinajstić information content (AvgIpc) is 2.29. The fourth-order valence-electron chi connectivity index (χ4n) is 1.60. The lowest BCUT2D eigenvalue weighted by Gasteiger charge is -2.08. The van der Waals surface area contributed by atoms with Gasteiger partial charge in [0.25, 0.3) is 0 Å². The Morgan fingerprint density at radius 3 is 2.47 bits per heavy atom. The van der Waals surface area contributed by atoms with Gasteiger partial charge in [-0.3, -0.25) is 4.79 Å². The first-order valence-corrected chi connectivity index (χ1v) is 6.04. The van der Waals surface area contributed by atoms with Crippen LogP contribution in [0.25, 0.3) is 10.8 Å². The van der Waals surface area contributed by atoms with E-state index in [1.165, 1.54) is 0 Å². The minimum atomic E-state index is -0.00878. The van der Waals surface area contributed by atoms with Gasteiger partial charge in [0.2, 0.25) is 5.91 Å². The summed E-state index contributed by atoms with van der Waals surface area (Å²) in [6.07, 6.45) is 0. The van der Waals surface area contributed by atoms with Crippen LogP contribution in [-0.4, -0.2) is 5.91 Å². The first-order chi connectivity index (χ1) is 8.06. The Balaban J connectivity index is 2.32. The summed E-state index contributed by atoms with van der Waals surface area (Å²) < 4.78 is 0. The van der Waals surface area contributed by atoms with Crippen LogP contribution in [0.5, 0.6) is 0 Å². The van der Waals surface area contributed by atoms with E-state index >= 15 is 0 Å². The van der Waals surface area contributed by atoms with E-state index in [1.54, 1.807) is 0 Å². The first kappa shape index (κ1) is 12.0. The molecule has 0 aliphatic carbocycles. The van der Waals surface area contributed by atoms with Crippen molar-refractivity contribution in [3.05, 3.63) is 36.4 Å². The van der Waals surface area contributed by atoms with E-state index in [0.717, 1.165) is 21.4 Å². The number of hydrogen-bond acceptors (Lipinski definition) is 2. The van der Waals surface area contributed by atoms with Crippen molar-refractivity contribution in [3.8, 4) is 0 Å². The van der Waals surface area contributed by atoms with E-state index < -0.39 is 0 Å². The Bertz CT molecular complexity index is 563. The van der Waals surface area contributed by atoms with Gasteiger partial charge in [-0.2, -0.15) is 0 Å². The van der Waals surface area contributed by atoms with E-state index in [4.69, 9.17) is 0 Å². The largest absolute Gasteiger partial charge is 0.326 e. The van der Waals surface area contributed by atoms with Crippen LogP contribution in [0.2, 0.25) is 0 Å². The Kier molecular flexibility index (Phi) is 3.38. The third-order valence-electron chi connectivity index (χ3n) is 2.62. The zero-order chi connectivity index (χ0) is 12.4. The summed E-state index contributed by atoms with van der Waals surface area (Å²) >= 11 is 4.30. The number of thiol groups is 1. The van der Waals surface area contributed by atoms with Crippen molar-refractivity contribution in [3.63, 3.8) is 0 Å². The highest BCUT2D eigenvalue weighted by atomic mass is 32.1. The van der Waals surface area contributed by atoms with Crippen LogP contribution in [0, 0.1) is 5.92 Å². The maximum absolute atomic E-state index is 11.6. The summed E-state index contributed by atoms with van der Waals surface area (Å²) in [6.45, 7) is 3.76. The predicted octanol–water partition coefficient (Wildman–Crippen LogP) is 3.72. The Morgan fingerprint density at radius 2 is 1.76 bits per heavy atom. The number of anilines is 1. The second-order valence-electron chi connectivity index (χ2n) is 4.39. The minimum absolute atomic E-state index is 0.00878. The molecule has 2 aromatic carbocycles. The summed E-state index contributed by atoms with van der Waals surface area (Å²) in [5, 5.41) is 5.12. The van der Waals surface area contributed by atoms with E-state index in [9.17, 15) is 4.79 Å². The smallest absolute Gasteiger partial charge is 0.226 e. The molecule has 0 atom stereocenters. The molecular weight excluding hydrogens is 230 g/mol. The molecule has 88 valence electrons. The molecule has 1 amide bonds. The van der Waals surface area contributed by atoms with Gasteiger partial charge in [0.15, 0.2) is 0 Å². The van der Waals surface area contributed by atoms with Gasteiger partial charge in [-0.1, -0.05) is 26.0 Å². The van der Waals surface area contributed by atoms with Crippen LogP contribution in [0.3, 0.4) is 0 Å². The van der Waals surface area contributed by atoms with E-state index in [2.05, 4.69) is 17.9 Å². The van der Waals surface area contributed by atoms with Crippen molar-refractivity contribution < 1.29 is 4.79 Å². The molecule has 17 heavy (non-hydrogen) atoms. The Labute approximate surface area is 106 Å². The van der Waals surface area contributed by atoms with Gasteiger partial charge in [-0.05, 0) is 35.0 Å². The first-order valence-electron chi connectivity index (χ1n) is 5.60. The molecule has 3 heteroatoms. The highest BCUT2D eigenvalue weighted by molar-refractivity contribution is 7.80. The molecule has 0 radical (unpaired) electrons. The van der Waals surface area contributed by atoms with Crippen molar-refractivity contribution in [2.75, 3.05) is 5.32 Å². The lowest BCUT2D eigenvalue weighted by molar-refractivity contribution is -0.118. The average molecular weight is 245 g/mol. The van der Waals surface area contributed by atoms with Crippen molar-refractivity contribution in [1.29, 1.82) is 0 Å². The van der Waals surface area contributed by atoms with Gasteiger partial charge in [-0.15, -0.1) is 12.6 Å². The molecule has 2 nitrogen and oxygen atoms in total. The molecule has 0 fully saturated rings.